The van der Waals surface area contributed by atoms with E-state index in [9.17, 15) is 24.0 Å². The minimum Gasteiger partial charge on any atom is -0.463 e. The number of nitrogens with zero attached hydrogens (tertiary/aromatic N) is 1. The molecule has 0 aromatic carbocycles. The third-order valence-corrected chi connectivity index (χ3v) is 5.98. The molecule has 5 atom stereocenters. The Morgan fingerprint density at radius 1 is 0.967 bits per heavy atom. The molecule has 0 unspecified atom stereocenters. The Kier molecular flexibility index (Phi) is 8.67. The maximum atomic E-state index is 11.7. The van der Waals surface area contributed by atoms with Crippen molar-refractivity contribution in [3.05, 3.63) is 0 Å². The monoisotopic (exact) mass is 463 g/mol. The molecule has 1 amide bonds. The van der Waals surface area contributed by atoms with Gasteiger partial charge in [0.25, 0.3) is 5.91 Å². The third-order valence-electron chi connectivity index (χ3n) is 3.70. The molecule has 0 aromatic rings. The molecule has 0 saturated carbocycles. The zero-order valence-electron chi connectivity index (χ0n) is 16.6. The molecule has 2 aliphatic heterocycles. The summed E-state index contributed by atoms with van der Waals surface area (Å²) in [6.07, 6.45) is -4.68. The minimum atomic E-state index is -1.25. The predicted octanol–water partition coefficient (Wildman–Crippen LogP) is 0.432. The van der Waals surface area contributed by atoms with E-state index in [4.69, 9.17) is 23.7 Å². The quantitative estimate of drug-likeness (QED) is 0.398. The van der Waals surface area contributed by atoms with Crippen molar-refractivity contribution < 1.29 is 47.7 Å². The van der Waals surface area contributed by atoms with Crippen LogP contribution in [0, 0.1) is 0 Å². The maximum absolute atomic E-state index is 11.7. The van der Waals surface area contributed by atoms with Gasteiger partial charge in [-0.25, -0.2) is 0 Å². The number of esters is 4. The Morgan fingerprint density at radius 2 is 1.53 bits per heavy atom. The van der Waals surface area contributed by atoms with Gasteiger partial charge in [-0.15, -0.1) is 0 Å². The molecular formula is C17H21NO10S2. The molecule has 2 rings (SSSR count). The molecule has 0 radical (unpaired) electrons. The molecule has 0 N–H and O–H groups in total. The Bertz CT molecular complexity index is 755. The van der Waals surface area contributed by atoms with Gasteiger partial charge < -0.3 is 23.7 Å². The zero-order chi connectivity index (χ0) is 22.4. The molecule has 166 valence electrons. The number of hydrogen-bond acceptors (Lipinski definition) is 12. The fourth-order valence-electron chi connectivity index (χ4n) is 2.73. The smallest absolute Gasteiger partial charge is 0.303 e. The number of hydrogen-bond donors (Lipinski definition) is 0. The summed E-state index contributed by atoms with van der Waals surface area (Å²) < 4.78 is 27.2. The van der Waals surface area contributed by atoms with Gasteiger partial charge in [0.15, 0.2) is 23.7 Å². The lowest BCUT2D eigenvalue weighted by molar-refractivity contribution is -0.237. The predicted molar refractivity (Wildman–Crippen MR) is 104 cm³/mol. The van der Waals surface area contributed by atoms with E-state index in [0.29, 0.717) is 4.38 Å². The number of aliphatic imine (C=N–C) groups is 1. The van der Waals surface area contributed by atoms with E-state index in [0.717, 1.165) is 32.5 Å². The van der Waals surface area contributed by atoms with Crippen LogP contribution in [0.5, 0.6) is 0 Å². The maximum Gasteiger partial charge on any atom is 0.303 e. The summed E-state index contributed by atoms with van der Waals surface area (Å²) >= 11 is 2.17. The number of carbonyl (C=O) groups is 5. The van der Waals surface area contributed by atoms with Crippen LogP contribution >= 0.6 is 23.5 Å². The SMILES string of the molecule is CC(=O)OC[C@@H]1O[C@@H](SC2=NC(=O)CS2)[C@@H](OC(C)=O)[C@@H](OC(C)=O)[C@H]1OC(C)=O. The first-order chi connectivity index (χ1) is 14.1. The molecular weight excluding hydrogens is 442 g/mol. The summed E-state index contributed by atoms with van der Waals surface area (Å²) in [5, 5.41) is 0. The van der Waals surface area contributed by atoms with Crippen LogP contribution < -0.4 is 0 Å². The highest BCUT2D eigenvalue weighted by Gasteiger charge is 2.52. The van der Waals surface area contributed by atoms with Crippen molar-refractivity contribution >= 4 is 57.7 Å². The second-order valence-corrected chi connectivity index (χ2v) is 8.56. The molecule has 30 heavy (non-hydrogen) atoms. The van der Waals surface area contributed by atoms with Gasteiger partial charge >= 0.3 is 23.9 Å². The Morgan fingerprint density at radius 3 is 2.03 bits per heavy atom. The molecule has 0 spiro atoms. The van der Waals surface area contributed by atoms with E-state index < -0.39 is 53.7 Å². The average Bonchev–Trinajstić information content (AvgIpc) is 3.02. The van der Waals surface area contributed by atoms with Crippen molar-refractivity contribution in [1.82, 2.24) is 0 Å². The highest BCUT2D eigenvalue weighted by Crippen LogP contribution is 2.37. The fraction of sp³-hybridized carbons (Fsp3) is 0.647. The van der Waals surface area contributed by atoms with Crippen molar-refractivity contribution in [2.24, 2.45) is 4.99 Å². The zero-order valence-corrected chi connectivity index (χ0v) is 18.3. The Balaban J connectivity index is 2.39. The lowest BCUT2D eigenvalue weighted by atomic mass is 9.99. The van der Waals surface area contributed by atoms with E-state index in [2.05, 4.69) is 4.99 Å². The van der Waals surface area contributed by atoms with Gasteiger partial charge in [0.05, 0.1) is 5.75 Å². The van der Waals surface area contributed by atoms with Crippen molar-refractivity contribution in [3.8, 4) is 0 Å². The number of rotatable bonds is 6. The van der Waals surface area contributed by atoms with E-state index in [1.54, 1.807) is 0 Å². The van der Waals surface area contributed by atoms with Gasteiger partial charge in [-0.3, -0.25) is 24.0 Å². The van der Waals surface area contributed by atoms with E-state index in [1.807, 2.05) is 0 Å². The van der Waals surface area contributed by atoms with Gasteiger partial charge in [-0.2, -0.15) is 4.99 Å². The minimum absolute atomic E-state index is 0.160. The fourth-order valence-corrected chi connectivity index (χ4v) is 4.84. The van der Waals surface area contributed by atoms with Crippen LogP contribution in [0.1, 0.15) is 27.7 Å². The topological polar surface area (TPSA) is 144 Å². The summed E-state index contributed by atoms with van der Waals surface area (Å²) in [4.78, 5) is 61.7. The molecule has 13 heteroatoms. The van der Waals surface area contributed by atoms with Crippen LogP contribution in [0.4, 0.5) is 0 Å². The normalized spacial score (nSPS) is 28.3. The highest BCUT2D eigenvalue weighted by molar-refractivity contribution is 8.39. The van der Waals surface area contributed by atoms with E-state index >= 15 is 0 Å². The summed E-state index contributed by atoms with van der Waals surface area (Å²) in [5.41, 5.74) is -0.984. The second kappa shape index (κ2) is 10.8. The Hall–Kier alpha value is -2.12. The third kappa shape index (κ3) is 6.99. The van der Waals surface area contributed by atoms with Gasteiger partial charge in [-0.05, 0) is 0 Å². The first kappa shape index (κ1) is 24.2. The second-order valence-electron chi connectivity index (χ2n) is 6.25. The average molecular weight is 463 g/mol. The summed E-state index contributed by atoms with van der Waals surface area (Å²) in [6, 6.07) is 0. The van der Waals surface area contributed by atoms with Gasteiger partial charge in [0.2, 0.25) is 0 Å². The number of thioether (sulfide) groups is 2. The molecule has 0 bridgehead atoms. The van der Waals surface area contributed by atoms with Crippen LogP contribution in [0.2, 0.25) is 0 Å². The van der Waals surface area contributed by atoms with Crippen LogP contribution in [0.25, 0.3) is 0 Å². The molecule has 2 heterocycles. The Labute approximate surface area is 180 Å². The first-order valence-corrected chi connectivity index (χ1v) is 10.6. The molecule has 1 fully saturated rings. The molecule has 2 aliphatic rings. The van der Waals surface area contributed by atoms with Crippen molar-refractivity contribution in [2.75, 3.05) is 12.4 Å². The number of ether oxygens (including phenoxy) is 5. The van der Waals surface area contributed by atoms with E-state index in [-0.39, 0.29) is 18.3 Å². The van der Waals surface area contributed by atoms with Gasteiger partial charge in [0.1, 0.15) is 17.1 Å². The summed E-state index contributed by atoms with van der Waals surface area (Å²) in [6.45, 7) is 4.32. The first-order valence-electron chi connectivity index (χ1n) is 8.78. The lowest BCUT2D eigenvalue weighted by Crippen LogP contribution is -2.61. The van der Waals surface area contributed by atoms with Gasteiger partial charge in [0, 0.05) is 27.7 Å². The summed E-state index contributed by atoms with van der Waals surface area (Å²) in [5.74, 6) is -2.88. The van der Waals surface area contributed by atoms with Crippen LogP contribution in [-0.4, -0.2) is 76.4 Å². The van der Waals surface area contributed by atoms with Crippen LogP contribution in [0.15, 0.2) is 4.99 Å². The summed E-state index contributed by atoms with van der Waals surface area (Å²) in [7, 11) is 0. The van der Waals surface area contributed by atoms with Crippen molar-refractivity contribution in [3.63, 3.8) is 0 Å². The molecule has 11 nitrogen and oxygen atoms in total. The molecule has 1 saturated heterocycles. The largest absolute Gasteiger partial charge is 0.463 e. The van der Waals surface area contributed by atoms with Crippen molar-refractivity contribution in [1.29, 1.82) is 0 Å². The number of carbonyl (C=O) groups excluding carboxylic acids is 5. The standard InChI is InChI=1S/C17H21NO10S2/c1-7(19)24-5-11-13(25-8(2)20)14(26-9(3)21)15(27-10(4)22)16(28-11)30-17-18-12(23)6-29-17/h11,13-16H,5-6H2,1-4H3/t11-,13-,14-,15-,16-/m0/s1. The molecule has 0 aliphatic carbocycles. The van der Waals surface area contributed by atoms with Gasteiger partial charge in [-0.1, -0.05) is 23.5 Å². The van der Waals surface area contributed by atoms with Crippen LogP contribution in [-0.2, 0) is 47.7 Å². The highest BCUT2D eigenvalue weighted by atomic mass is 32.2. The molecule has 0 aromatic heterocycles. The lowest BCUT2D eigenvalue weighted by Gasteiger charge is -2.44. The van der Waals surface area contributed by atoms with Crippen molar-refractivity contribution in [2.45, 2.75) is 57.5 Å². The van der Waals surface area contributed by atoms with E-state index in [1.165, 1.54) is 18.7 Å². The number of amides is 1. The van der Waals surface area contributed by atoms with Crippen LogP contribution in [0.3, 0.4) is 0 Å².